The molecular formula is C69H78N6O17S2. The first kappa shape index (κ1) is 70.1. The van der Waals surface area contributed by atoms with Crippen LogP contribution in [0.15, 0.2) is 109 Å². The minimum absolute atomic E-state index is 0.0330. The van der Waals surface area contributed by atoms with Crippen molar-refractivity contribution in [3.8, 4) is 34.1 Å². The van der Waals surface area contributed by atoms with Crippen LogP contribution in [0, 0.1) is 5.92 Å². The van der Waals surface area contributed by atoms with Crippen molar-refractivity contribution in [2.45, 2.75) is 84.9 Å². The third kappa shape index (κ3) is 18.5. The molecule has 2 heterocycles. The number of carbonyl (C=O) groups excluding carboxylic acids is 9. The molecule has 3 N–H and O–H groups in total. The highest BCUT2D eigenvalue weighted by molar-refractivity contribution is 7.21. The summed E-state index contributed by atoms with van der Waals surface area (Å²) in [4.78, 5) is 122. The van der Waals surface area contributed by atoms with Crippen LogP contribution in [0.4, 0.5) is 20.1 Å². The summed E-state index contributed by atoms with van der Waals surface area (Å²) in [6, 6.07) is 30.8. The van der Waals surface area contributed by atoms with E-state index >= 15 is 0 Å². The van der Waals surface area contributed by atoms with Gasteiger partial charge in [-0.2, -0.15) is 0 Å². The predicted molar refractivity (Wildman–Crippen MR) is 355 cm³/mol. The smallest absolute Gasteiger partial charge is 0.415 e. The first-order valence-electron chi connectivity index (χ1n) is 30.8. The molecule has 7 aromatic rings. The number of thiophene rings is 2. The van der Waals surface area contributed by atoms with Crippen LogP contribution in [-0.2, 0) is 44.7 Å². The second-order valence-corrected chi connectivity index (χ2v) is 24.7. The van der Waals surface area contributed by atoms with Crippen molar-refractivity contribution in [1.29, 1.82) is 0 Å². The standard InChI is InChI=1S/C69H78N6O17S2/c1-10-86-61(77)26-25-52(76)59-35-44-34-55(89-32-16-31-88-54-33-45-36-60(94-57(45)37-53(54)85-9)66(81)73(6)28-27-62(78)87-11-2)56(38-58(44)93-59)92-69(84)75(8)30-29-74(7)68(83)91-39-43-21-23-46(24-22-43)71-64(79)42(5)70-65(80)63(41(3)4)72-67(82)90-40-51-49-19-14-12-17-47(49)48-18-13-15-20-50(48)51/h12-15,17-24,33-38,41-42,51,63H,10-11,16,25-32,39-40H2,1-9H3,(H,70,80)(H,71,79)(H,72,82)/t42-,63-/m0/s1. The molecule has 23 nitrogen and oxygen atoms in total. The maximum atomic E-state index is 13.7. The number of esters is 2. The summed E-state index contributed by atoms with van der Waals surface area (Å²) >= 11 is 2.46. The van der Waals surface area contributed by atoms with Crippen molar-refractivity contribution >= 4 is 102 Å². The summed E-state index contributed by atoms with van der Waals surface area (Å²) < 4.78 is 46.6. The highest BCUT2D eigenvalue weighted by atomic mass is 32.1. The normalized spacial score (nSPS) is 12.1. The van der Waals surface area contributed by atoms with Gasteiger partial charge in [-0.05, 0) is 102 Å². The van der Waals surface area contributed by atoms with Gasteiger partial charge >= 0.3 is 30.2 Å². The summed E-state index contributed by atoms with van der Waals surface area (Å²) in [5.41, 5.74) is 5.32. The second-order valence-electron chi connectivity index (χ2n) is 22.5. The lowest BCUT2D eigenvalue weighted by molar-refractivity contribution is -0.144. The van der Waals surface area contributed by atoms with Crippen molar-refractivity contribution in [1.82, 2.24) is 25.3 Å². The van der Waals surface area contributed by atoms with Crippen molar-refractivity contribution < 1.29 is 81.0 Å². The predicted octanol–water partition coefficient (Wildman–Crippen LogP) is 11.2. The number of methoxy groups -OCH3 is 1. The molecule has 1 aliphatic carbocycles. The van der Waals surface area contributed by atoms with E-state index in [-0.39, 0.29) is 120 Å². The molecule has 94 heavy (non-hydrogen) atoms. The maximum absolute atomic E-state index is 13.7. The van der Waals surface area contributed by atoms with Crippen LogP contribution in [0.5, 0.6) is 23.0 Å². The molecule has 0 aliphatic heterocycles. The number of alkyl carbamates (subject to hydrolysis) is 1. The van der Waals surface area contributed by atoms with Gasteiger partial charge in [0.1, 0.15) is 25.3 Å². The van der Waals surface area contributed by atoms with Crippen molar-refractivity contribution in [3.63, 3.8) is 0 Å². The van der Waals surface area contributed by atoms with E-state index in [2.05, 4.69) is 16.0 Å². The van der Waals surface area contributed by atoms with E-state index in [1.54, 1.807) is 95.4 Å². The van der Waals surface area contributed by atoms with E-state index < -0.39 is 48.1 Å². The molecule has 2 atom stereocenters. The number of hydrogen-bond donors (Lipinski definition) is 3. The lowest BCUT2D eigenvalue weighted by Crippen LogP contribution is -2.53. The van der Waals surface area contributed by atoms with E-state index in [4.69, 9.17) is 37.9 Å². The van der Waals surface area contributed by atoms with Gasteiger partial charge in [0.05, 0.1) is 56.1 Å². The molecule has 498 valence electrons. The van der Waals surface area contributed by atoms with Gasteiger partial charge < -0.3 is 68.5 Å². The van der Waals surface area contributed by atoms with E-state index in [0.29, 0.717) is 49.0 Å². The summed E-state index contributed by atoms with van der Waals surface area (Å²) in [6.07, 6.45) is -1.90. The lowest BCUT2D eigenvalue weighted by atomic mass is 9.98. The number of hydrogen-bond acceptors (Lipinski definition) is 19. The summed E-state index contributed by atoms with van der Waals surface area (Å²) in [7, 11) is 6.15. The highest BCUT2D eigenvalue weighted by Crippen LogP contribution is 2.45. The zero-order valence-corrected chi connectivity index (χ0v) is 55.6. The molecular weight excluding hydrogens is 1250 g/mol. The minimum atomic E-state index is -0.992. The topological polar surface area (TPSA) is 273 Å². The molecule has 1 aliphatic rings. The van der Waals surface area contributed by atoms with Gasteiger partial charge in [0.25, 0.3) is 5.91 Å². The Hall–Kier alpha value is -9.75. The van der Waals surface area contributed by atoms with Crippen molar-refractivity contribution in [2.24, 2.45) is 5.92 Å². The van der Waals surface area contributed by atoms with Gasteiger partial charge in [0.15, 0.2) is 28.8 Å². The average molecular weight is 1330 g/mol. The number of fused-ring (bicyclic) bond motifs is 5. The summed E-state index contributed by atoms with van der Waals surface area (Å²) in [6.45, 7) is 9.47. The van der Waals surface area contributed by atoms with Gasteiger partial charge in [-0.25, -0.2) is 14.4 Å². The number of anilines is 1. The quantitative estimate of drug-likeness (QED) is 0.0158. The van der Waals surface area contributed by atoms with E-state index in [9.17, 15) is 43.2 Å². The molecule has 0 fully saturated rings. The molecule has 25 heteroatoms. The van der Waals surface area contributed by atoms with Gasteiger partial charge in [0.2, 0.25) is 11.8 Å². The SMILES string of the molecule is CCOC(=O)CCC(=O)c1cc2cc(OCCCOc3cc4cc(C(=O)N(C)CCC(=O)OCC)sc4cc3OC)c(OC(=O)N(C)CCN(C)C(=O)OCc3ccc(NC(=O)[C@H](C)NC(=O)[C@@H](NC(=O)OCC4c5ccccc5-c5ccccc54)C(C)C)cc3)cc2s1. The molecule has 6 amide bonds. The Morgan fingerprint density at radius 1 is 0.564 bits per heavy atom. The Bertz CT molecular complexity index is 3840. The van der Waals surface area contributed by atoms with Crippen LogP contribution in [0.2, 0.25) is 0 Å². The molecule has 0 radical (unpaired) electrons. The summed E-state index contributed by atoms with van der Waals surface area (Å²) in [5, 5.41) is 9.54. The number of ketones is 1. The molecule has 8 rings (SSSR count). The zero-order chi connectivity index (χ0) is 67.6. The van der Waals surface area contributed by atoms with Gasteiger partial charge in [-0.15, -0.1) is 22.7 Å². The first-order valence-corrected chi connectivity index (χ1v) is 32.4. The third-order valence-corrected chi connectivity index (χ3v) is 17.6. The van der Waals surface area contributed by atoms with Crippen LogP contribution >= 0.6 is 22.7 Å². The molecule has 0 unspecified atom stereocenters. The fraction of sp³-hybridized carbons (Fsp3) is 0.377. The zero-order valence-electron chi connectivity index (χ0n) is 54.0. The van der Waals surface area contributed by atoms with Crippen molar-refractivity contribution in [2.75, 3.05) is 86.2 Å². The number of Topliss-reactive ketones (excluding diaryl/α,β-unsaturated/α-hetero) is 1. The monoisotopic (exact) mass is 1330 g/mol. The van der Waals surface area contributed by atoms with Gasteiger partial charge in [-0.3, -0.25) is 28.8 Å². The summed E-state index contributed by atoms with van der Waals surface area (Å²) in [5.74, 6) is -1.77. The van der Waals surface area contributed by atoms with E-state index in [1.807, 2.05) is 48.5 Å². The maximum Gasteiger partial charge on any atom is 0.415 e. The van der Waals surface area contributed by atoms with Gasteiger partial charge in [0, 0.05) is 86.8 Å². The van der Waals surface area contributed by atoms with Crippen LogP contribution < -0.4 is 34.9 Å². The lowest BCUT2D eigenvalue weighted by Gasteiger charge is -2.24. The van der Waals surface area contributed by atoms with Crippen LogP contribution in [0.3, 0.4) is 0 Å². The minimum Gasteiger partial charge on any atom is -0.493 e. The number of nitrogens with zero attached hydrogens (tertiary/aromatic N) is 3. The number of carbonyl (C=O) groups is 9. The number of benzene rings is 5. The number of likely N-dealkylation sites (N-methyl/N-ethyl adjacent to an activating group) is 2. The van der Waals surface area contributed by atoms with Gasteiger partial charge in [-0.1, -0.05) is 74.5 Å². The molecule has 0 spiro atoms. The Morgan fingerprint density at radius 2 is 1.13 bits per heavy atom. The Labute approximate surface area is 552 Å². The largest absolute Gasteiger partial charge is 0.493 e. The molecule has 2 aromatic heterocycles. The second kappa shape index (κ2) is 33.2. The highest BCUT2D eigenvalue weighted by Gasteiger charge is 2.32. The number of ether oxygens (including phenoxy) is 8. The third-order valence-electron chi connectivity index (χ3n) is 15.3. The Kier molecular flexibility index (Phi) is 24.8. The van der Waals surface area contributed by atoms with Crippen LogP contribution in [-0.4, -0.2) is 161 Å². The van der Waals surface area contributed by atoms with E-state index in [1.165, 1.54) is 65.5 Å². The molecule has 0 bridgehead atoms. The van der Waals surface area contributed by atoms with Crippen LogP contribution in [0.25, 0.3) is 31.3 Å². The fourth-order valence-corrected chi connectivity index (χ4v) is 12.2. The average Bonchev–Trinajstić information content (AvgIpc) is 1.63. The molecule has 5 aromatic carbocycles. The Morgan fingerprint density at radius 3 is 1.73 bits per heavy atom. The fourth-order valence-electron chi connectivity index (χ4n) is 10.1. The van der Waals surface area contributed by atoms with E-state index in [0.717, 1.165) is 32.3 Å². The number of nitrogens with one attached hydrogen (secondary N) is 3. The van der Waals surface area contributed by atoms with Crippen molar-refractivity contribution in [3.05, 3.63) is 136 Å². The Balaban J connectivity index is 0.798. The van der Waals surface area contributed by atoms with Crippen LogP contribution in [0.1, 0.15) is 102 Å². The number of rotatable bonds is 31. The number of amides is 6. The molecule has 0 saturated heterocycles. The first-order chi connectivity index (χ1) is 45.1. The molecule has 0 saturated carbocycles.